The summed E-state index contributed by atoms with van der Waals surface area (Å²) < 4.78 is 7.46. The van der Waals surface area contributed by atoms with Gasteiger partial charge in [-0.1, -0.05) is 12.1 Å². The first-order chi connectivity index (χ1) is 18.7. The Hall–Kier alpha value is -3.38. The highest BCUT2D eigenvalue weighted by Gasteiger charge is 2.21. The maximum atomic E-state index is 13.0. The van der Waals surface area contributed by atoms with Gasteiger partial charge in [0.2, 0.25) is 0 Å². The van der Waals surface area contributed by atoms with Gasteiger partial charge in [0.05, 0.1) is 18.9 Å². The standard InChI is InChI=1S/C27H32N8O2S/c1-32-9-11-34(12-10-32)27(36)21-4-2-20(3-5-21)24-30-25(28-7-8-33-13-15-37-16-14-33)23-26(31-24)35(19-29-23)22-6-17-38-18-22/h2-6,17-19H,7-16H2,1H3,(H,28,30,31). The number of rotatable bonds is 7. The molecule has 0 unspecified atom stereocenters. The lowest BCUT2D eigenvalue weighted by atomic mass is 10.1. The Morgan fingerprint density at radius 1 is 1.03 bits per heavy atom. The molecule has 1 aromatic carbocycles. The number of hydrogen-bond acceptors (Lipinski definition) is 9. The molecule has 2 saturated heterocycles. The third-order valence-corrected chi connectivity index (χ3v) is 7.86. The number of likely N-dealkylation sites (N-methyl/N-ethyl adjacent to an activating group) is 1. The number of benzene rings is 1. The van der Waals surface area contributed by atoms with E-state index in [0.717, 1.165) is 88.0 Å². The molecule has 198 valence electrons. The van der Waals surface area contributed by atoms with E-state index < -0.39 is 0 Å². The van der Waals surface area contributed by atoms with E-state index in [1.54, 1.807) is 17.7 Å². The van der Waals surface area contributed by atoms with Crippen LogP contribution in [0.5, 0.6) is 0 Å². The topological polar surface area (TPSA) is 91.6 Å². The molecule has 1 N–H and O–H groups in total. The summed E-state index contributed by atoms with van der Waals surface area (Å²) in [5.74, 6) is 1.38. The number of nitrogens with one attached hydrogen (secondary N) is 1. The van der Waals surface area contributed by atoms with Crippen molar-refractivity contribution in [1.82, 2.24) is 34.2 Å². The minimum absolute atomic E-state index is 0.0713. The lowest BCUT2D eigenvalue weighted by molar-refractivity contribution is 0.0398. The summed E-state index contributed by atoms with van der Waals surface area (Å²) in [6, 6.07) is 9.69. The van der Waals surface area contributed by atoms with Gasteiger partial charge < -0.3 is 19.9 Å². The molecule has 2 fully saturated rings. The zero-order chi connectivity index (χ0) is 25.9. The van der Waals surface area contributed by atoms with Crippen LogP contribution in [0.1, 0.15) is 10.4 Å². The van der Waals surface area contributed by atoms with Gasteiger partial charge in [-0.15, -0.1) is 0 Å². The van der Waals surface area contributed by atoms with Crippen LogP contribution in [-0.4, -0.2) is 113 Å². The molecular weight excluding hydrogens is 500 g/mol. The molecule has 3 aromatic heterocycles. The third-order valence-electron chi connectivity index (χ3n) is 7.19. The molecule has 2 aliphatic heterocycles. The second kappa shape index (κ2) is 11.2. The van der Waals surface area contributed by atoms with Gasteiger partial charge >= 0.3 is 0 Å². The lowest BCUT2D eigenvalue weighted by Gasteiger charge is -2.32. The number of imidazole rings is 1. The Bertz CT molecular complexity index is 1370. The molecule has 0 aliphatic carbocycles. The maximum Gasteiger partial charge on any atom is 0.253 e. The number of amides is 1. The molecule has 0 bridgehead atoms. The number of hydrogen-bond donors (Lipinski definition) is 1. The molecule has 38 heavy (non-hydrogen) atoms. The lowest BCUT2D eigenvalue weighted by Crippen LogP contribution is -2.47. The van der Waals surface area contributed by atoms with Crippen molar-refractivity contribution in [3.8, 4) is 17.1 Å². The van der Waals surface area contributed by atoms with Gasteiger partial charge in [-0.2, -0.15) is 11.3 Å². The molecule has 0 saturated carbocycles. The van der Waals surface area contributed by atoms with Gasteiger partial charge in [-0.05, 0) is 30.6 Å². The molecule has 2 aliphatic rings. The fourth-order valence-corrected chi connectivity index (χ4v) is 5.47. The van der Waals surface area contributed by atoms with Crippen LogP contribution in [0.2, 0.25) is 0 Å². The fraction of sp³-hybridized carbons (Fsp3) is 0.407. The number of carbonyl (C=O) groups excluding carboxylic acids is 1. The van der Waals surface area contributed by atoms with Crippen molar-refractivity contribution in [2.45, 2.75) is 0 Å². The average Bonchev–Trinajstić information content (AvgIpc) is 3.64. The third kappa shape index (κ3) is 5.28. The van der Waals surface area contributed by atoms with Gasteiger partial charge in [-0.3, -0.25) is 14.3 Å². The zero-order valence-corrected chi connectivity index (χ0v) is 22.4. The van der Waals surface area contributed by atoms with Crippen LogP contribution in [0, 0.1) is 0 Å². The molecule has 11 heteroatoms. The molecular formula is C27H32N8O2S. The molecule has 0 spiro atoms. The van der Waals surface area contributed by atoms with Gasteiger partial charge in [0, 0.05) is 68.9 Å². The van der Waals surface area contributed by atoms with Crippen LogP contribution in [-0.2, 0) is 4.74 Å². The van der Waals surface area contributed by atoms with Crippen LogP contribution in [0.3, 0.4) is 0 Å². The highest BCUT2D eigenvalue weighted by molar-refractivity contribution is 7.08. The first-order valence-corrected chi connectivity index (χ1v) is 14.0. The summed E-state index contributed by atoms with van der Waals surface area (Å²) in [6.07, 6.45) is 1.80. The minimum atomic E-state index is 0.0713. The molecule has 0 radical (unpaired) electrons. The van der Waals surface area contributed by atoms with Crippen molar-refractivity contribution in [3.05, 3.63) is 53.0 Å². The summed E-state index contributed by atoms with van der Waals surface area (Å²) in [5, 5.41) is 7.63. The van der Waals surface area contributed by atoms with E-state index in [4.69, 9.17) is 14.7 Å². The van der Waals surface area contributed by atoms with Crippen molar-refractivity contribution in [2.24, 2.45) is 0 Å². The monoisotopic (exact) mass is 532 g/mol. The van der Waals surface area contributed by atoms with E-state index >= 15 is 0 Å². The van der Waals surface area contributed by atoms with E-state index in [-0.39, 0.29) is 5.91 Å². The van der Waals surface area contributed by atoms with Gasteiger partial charge in [-0.25, -0.2) is 15.0 Å². The number of piperazine rings is 1. The minimum Gasteiger partial charge on any atom is -0.379 e. The fourth-order valence-electron chi connectivity index (χ4n) is 4.85. The Kier molecular flexibility index (Phi) is 7.32. The number of thiophene rings is 1. The Morgan fingerprint density at radius 2 is 1.82 bits per heavy atom. The predicted octanol–water partition coefficient (Wildman–Crippen LogP) is 2.68. The normalized spacial score (nSPS) is 17.2. The number of anilines is 1. The number of fused-ring (bicyclic) bond motifs is 1. The molecule has 1 amide bonds. The summed E-state index contributed by atoms with van der Waals surface area (Å²) in [7, 11) is 2.09. The zero-order valence-electron chi connectivity index (χ0n) is 21.5. The first-order valence-electron chi connectivity index (χ1n) is 13.1. The van der Waals surface area contributed by atoms with Crippen molar-refractivity contribution >= 4 is 34.2 Å². The quantitative estimate of drug-likeness (QED) is 0.389. The Morgan fingerprint density at radius 3 is 2.55 bits per heavy atom. The van der Waals surface area contributed by atoms with Crippen LogP contribution in [0.4, 0.5) is 5.82 Å². The Labute approximate surface area is 225 Å². The average molecular weight is 533 g/mol. The van der Waals surface area contributed by atoms with E-state index in [9.17, 15) is 4.79 Å². The van der Waals surface area contributed by atoms with Crippen LogP contribution in [0.25, 0.3) is 28.2 Å². The highest BCUT2D eigenvalue weighted by Crippen LogP contribution is 2.27. The second-order valence-corrected chi connectivity index (χ2v) is 10.5. The summed E-state index contributed by atoms with van der Waals surface area (Å²) >= 11 is 1.63. The van der Waals surface area contributed by atoms with Crippen molar-refractivity contribution in [3.63, 3.8) is 0 Å². The van der Waals surface area contributed by atoms with Crippen molar-refractivity contribution in [1.29, 1.82) is 0 Å². The number of carbonyl (C=O) groups is 1. The maximum absolute atomic E-state index is 13.0. The Balaban J connectivity index is 1.27. The molecule has 0 atom stereocenters. The first kappa shape index (κ1) is 24.9. The van der Waals surface area contributed by atoms with Gasteiger partial charge in [0.1, 0.15) is 6.33 Å². The van der Waals surface area contributed by atoms with Crippen molar-refractivity contribution in [2.75, 3.05) is 77.9 Å². The van der Waals surface area contributed by atoms with Crippen LogP contribution in [0.15, 0.2) is 47.4 Å². The second-order valence-electron chi connectivity index (χ2n) is 9.72. The van der Waals surface area contributed by atoms with Gasteiger partial charge in [0.15, 0.2) is 22.8 Å². The van der Waals surface area contributed by atoms with Crippen molar-refractivity contribution < 1.29 is 9.53 Å². The molecule has 4 aromatic rings. The number of aromatic nitrogens is 4. The van der Waals surface area contributed by atoms with E-state index in [0.29, 0.717) is 17.2 Å². The molecule has 10 nitrogen and oxygen atoms in total. The number of ether oxygens (including phenoxy) is 1. The van der Waals surface area contributed by atoms with Crippen LogP contribution >= 0.6 is 11.3 Å². The summed E-state index contributed by atoms with van der Waals surface area (Å²) in [5.41, 5.74) is 4.06. The van der Waals surface area contributed by atoms with Crippen LogP contribution < -0.4 is 5.32 Å². The van der Waals surface area contributed by atoms with Gasteiger partial charge in [0.25, 0.3) is 5.91 Å². The largest absolute Gasteiger partial charge is 0.379 e. The molecule has 6 rings (SSSR count). The van der Waals surface area contributed by atoms with E-state index in [2.05, 4.69) is 38.6 Å². The highest BCUT2D eigenvalue weighted by atomic mass is 32.1. The number of morpholine rings is 1. The number of nitrogens with zero attached hydrogens (tertiary/aromatic N) is 7. The smallest absolute Gasteiger partial charge is 0.253 e. The predicted molar refractivity (Wildman–Crippen MR) is 149 cm³/mol. The van der Waals surface area contributed by atoms with E-state index in [1.807, 2.05) is 39.1 Å². The van der Waals surface area contributed by atoms with E-state index in [1.165, 1.54) is 0 Å². The SMILES string of the molecule is CN1CCN(C(=O)c2ccc(-c3nc(NCCN4CCOCC4)c4ncn(-c5ccsc5)c4n3)cc2)CC1. The summed E-state index contributed by atoms with van der Waals surface area (Å²) in [4.78, 5) is 34.0. The molecule has 5 heterocycles. The summed E-state index contributed by atoms with van der Waals surface area (Å²) in [6.45, 7) is 8.39.